The second-order valence-corrected chi connectivity index (χ2v) is 10.1. The molecule has 0 spiro atoms. The molecule has 214 valence electrons. The van der Waals surface area contributed by atoms with Gasteiger partial charge in [0.05, 0.1) is 15.8 Å². The highest BCUT2D eigenvalue weighted by Gasteiger charge is 2.39. The number of halogens is 6. The van der Waals surface area contributed by atoms with Crippen LogP contribution in [-0.4, -0.2) is 11.0 Å². The van der Waals surface area contributed by atoms with Crippen molar-refractivity contribution < 1.29 is 40.6 Å². The predicted octanol–water partition coefficient (Wildman–Crippen LogP) is 8.99. The molecule has 0 saturated carbocycles. The Bertz CT molecular complexity index is 1780. The molecular formula is C31H19F6NO3S. The summed E-state index contributed by atoms with van der Waals surface area (Å²) in [5.74, 6) is -9.06. The van der Waals surface area contributed by atoms with E-state index in [1.165, 1.54) is 0 Å². The van der Waals surface area contributed by atoms with Gasteiger partial charge >= 0.3 is 12.1 Å². The van der Waals surface area contributed by atoms with Crippen molar-refractivity contribution in [2.24, 2.45) is 0 Å². The lowest BCUT2D eigenvalue weighted by Crippen LogP contribution is -2.22. The maximum absolute atomic E-state index is 15.0. The first-order valence-electron chi connectivity index (χ1n) is 12.4. The van der Waals surface area contributed by atoms with Crippen molar-refractivity contribution in [2.45, 2.75) is 19.0 Å². The minimum atomic E-state index is -3.95. The van der Waals surface area contributed by atoms with Gasteiger partial charge in [-0.15, -0.1) is 17.9 Å². The Morgan fingerprint density at radius 1 is 0.857 bits per heavy atom. The highest BCUT2D eigenvalue weighted by atomic mass is 32.1. The summed E-state index contributed by atoms with van der Waals surface area (Å²) in [6.45, 7) is 3.72. The lowest BCUT2D eigenvalue weighted by molar-refractivity contribution is -0.185. The van der Waals surface area contributed by atoms with Crippen LogP contribution in [0.4, 0.5) is 26.3 Å². The lowest BCUT2D eigenvalue weighted by atomic mass is 10.0. The number of thiazole rings is 1. The molecular weight excluding hydrogens is 580 g/mol. The third-order valence-corrected chi connectivity index (χ3v) is 7.21. The van der Waals surface area contributed by atoms with Crippen LogP contribution < -0.4 is 9.47 Å². The van der Waals surface area contributed by atoms with Crippen LogP contribution in [-0.2, 0) is 12.5 Å². The predicted molar refractivity (Wildman–Crippen MR) is 146 cm³/mol. The summed E-state index contributed by atoms with van der Waals surface area (Å²) in [4.78, 5) is 16.2. The molecule has 0 unspecified atom stereocenters. The number of fused-ring (bicyclic) bond motifs is 1. The average Bonchev–Trinajstić information content (AvgIpc) is 3.40. The number of benzene rings is 4. The van der Waals surface area contributed by atoms with Crippen LogP contribution in [0.5, 0.6) is 11.5 Å². The number of aryl methyl sites for hydroxylation is 1. The number of carbonyl (C=O) groups is 1. The Kier molecular flexibility index (Phi) is 8.04. The minimum absolute atomic E-state index is 0.322. The summed E-state index contributed by atoms with van der Waals surface area (Å²) in [6, 6.07) is 16.0. The van der Waals surface area contributed by atoms with Gasteiger partial charge in [0.1, 0.15) is 17.3 Å². The molecule has 1 aromatic heterocycles. The van der Waals surface area contributed by atoms with Crippen molar-refractivity contribution in [1.82, 2.24) is 4.98 Å². The van der Waals surface area contributed by atoms with Crippen LogP contribution in [0.3, 0.4) is 0 Å². The summed E-state index contributed by atoms with van der Waals surface area (Å²) < 4.78 is 94.4. The van der Waals surface area contributed by atoms with Gasteiger partial charge in [0.25, 0.3) is 0 Å². The minimum Gasteiger partial charge on any atom is -0.427 e. The van der Waals surface area contributed by atoms with Gasteiger partial charge in [0, 0.05) is 18.2 Å². The number of hydrogen-bond donors (Lipinski definition) is 0. The van der Waals surface area contributed by atoms with Crippen LogP contribution in [0.1, 0.15) is 27.3 Å². The fraction of sp³-hybridized carbons (Fsp3) is 0.0968. The number of esters is 1. The number of carbonyl (C=O) groups excluding carboxylic acids is 1. The monoisotopic (exact) mass is 599 g/mol. The number of nitrogens with zero attached hydrogens (tertiary/aromatic N) is 1. The molecule has 11 heteroatoms. The van der Waals surface area contributed by atoms with E-state index in [4.69, 9.17) is 4.74 Å². The number of alkyl halides is 2. The first-order chi connectivity index (χ1) is 20.0. The van der Waals surface area contributed by atoms with E-state index in [2.05, 4.69) is 16.3 Å². The molecule has 4 aromatic carbocycles. The Balaban J connectivity index is 1.31. The van der Waals surface area contributed by atoms with E-state index in [0.29, 0.717) is 39.8 Å². The Morgan fingerprint density at radius 2 is 1.52 bits per heavy atom. The van der Waals surface area contributed by atoms with Gasteiger partial charge < -0.3 is 9.47 Å². The number of allylic oxidation sites excluding steroid dienone is 1. The third-order valence-electron chi connectivity index (χ3n) is 6.14. The molecule has 0 atom stereocenters. The second-order valence-electron chi connectivity index (χ2n) is 9.08. The fourth-order valence-electron chi connectivity index (χ4n) is 4.03. The van der Waals surface area contributed by atoms with Gasteiger partial charge in [-0.2, -0.15) is 8.78 Å². The smallest absolute Gasteiger partial charge is 0.427 e. The van der Waals surface area contributed by atoms with E-state index in [-0.39, 0.29) is 0 Å². The van der Waals surface area contributed by atoms with Gasteiger partial charge in [0.15, 0.2) is 17.5 Å². The highest BCUT2D eigenvalue weighted by molar-refractivity contribution is 7.18. The van der Waals surface area contributed by atoms with Gasteiger partial charge in [0.2, 0.25) is 5.01 Å². The molecule has 0 aliphatic rings. The highest BCUT2D eigenvalue weighted by Crippen LogP contribution is 2.38. The first kappa shape index (κ1) is 28.9. The molecule has 5 rings (SSSR count). The van der Waals surface area contributed by atoms with Gasteiger partial charge in [-0.25, -0.2) is 27.3 Å². The van der Waals surface area contributed by atoms with Crippen molar-refractivity contribution in [3.63, 3.8) is 0 Å². The molecule has 0 saturated heterocycles. The summed E-state index contributed by atoms with van der Waals surface area (Å²) in [5.41, 5.74) is 2.45. The summed E-state index contributed by atoms with van der Waals surface area (Å²) in [5, 5.41) is -0.668. The number of rotatable bonds is 9. The second kappa shape index (κ2) is 11.7. The van der Waals surface area contributed by atoms with Gasteiger partial charge in [-0.3, -0.25) is 0 Å². The zero-order valence-corrected chi connectivity index (χ0v) is 22.3. The Labute approximate surface area is 239 Å². The van der Waals surface area contributed by atoms with Gasteiger partial charge in [-0.05, 0) is 53.8 Å². The van der Waals surface area contributed by atoms with E-state index in [1.807, 2.05) is 30.3 Å². The zero-order valence-electron chi connectivity index (χ0n) is 21.5. The summed E-state index contributed by atoms with van der Waals surface area (Å²) in [7, 11) is 0. The number of hydrogen-bond acceptors (Lipinski definition) is 5. The fourth-order valence-corrected chi connectivity index (χ4v) is 4.95. The van der Waals surface area contributed by atoms with Crippen molar-refractivity contribution in [1.29, 1.82) is 0 Å². The molecule has 0 fully saturated rings. The molecule has 0 N–H and O–H groups in total. The van der Waals surface area contributed by atoms with E-state index >= 15 is 8.78 Å². The molecule has 4 nitrogen and oxygen atoms in total. The molecule has 0 bridgehead atoms. The molecule has 0 aliphatic heterocycles. The topological polar surface area (TPSA) is 48.4 Å². The quantitative estimate of drug-likeness (QED) is 0.0558. The normalized spacial score (nSPS) is 11.5. The molecule has 5 aromatic rings. The van der Waals surface area contributed by atoms with E-state index in [1.54, 1.807) is 18.2 Å². The standard InChI is InChI=1S/C31H19F6NO3S/c1-2-3-4-17-5-7-18(8-6-17)19-9-12-26-27(13-19)42-30(38-26)31(36,37)41-20-10-11-22(23(32)14-20)29(39)40-21-15-24(33)28(35)25(34)16-21/h2,5-16H,1,3-4H2. The summed E-state index contributed by atoms with van der Waals surface area (Å²) in [6.07, 6.45) is -0.382. The SMILES string of the molecule is C=CCCc1ccc(-c2ccc3nc(C(F)(F)Oc4ccc(C(=O)Oc5cc(F)c(F)c(F)c5)c(F)c4)sc3c2)cc1. The molecule has 0 aliphatic carbocycles. The van der Waals surface area contributed by atoms with Crippen LogP contribution >= 0.6 is 11.3 Å². The first-order valence-corrected chi connectivity index (χ1v) is 13.2. The number of ether oxygens (including phenoxy) is 2. The molecule has 42 heavy (non-hydrogen) atoms. The molecule has 0 radical (unpaired) electrons. The largest absolute Gasteiger partial charge is 0.454 e. The Hall–Kier alpha value is -4.64. The van der Waals surface area contributed by atoms with E-state index < -0.39 is 57.4 Å². The maximum Gasteiger partial charge on any atom is 0.454 e. The van der Waals surface area contributed by atoms with Crippen molar-refractivity contribution >= 4 is 27.5 Å². The van der Waals surface area contributed by atoms with Gasteiger partial charge in [-0.1, -0.05) is 36.4 Å². The number of aromatic nitrogens is 1. The van der Waals surface area contributed by atoms with Crippen LogP contribution in [0.15, 0.2) is 85.5 Å². The van der Waals surface area contributed by atoms with Crippen molar-refractivity contribution in [3.05, 3.63) is 125 Å². The lowest BCUT2D eigenvalue weighted by Gasteiger charge is -2.16. The van der Waals surface area contributed by atoms with Crippen molar-refractivity contribution in [3.8, 4) is 22.6 Å². The Morgan fingerprint density at radius 3 is 2.19 bits per heavy atom. The van der Waals surface area contributed by atoms with Crippen LogP contribution in [0, 0.1) is 23.3 Å². The van der Waals surface area contributed by atoms with Crippen LogP contribution in [0.25, 0.3) is 21.3 Å². The summed E-state index contributed by atoms with van der Waals surface area (Å²) >= 11 is 0.710. The zero-order chi connectivity index (χ0) is 30.0. The van der Waals surface area contributed by atoms with Crippen LogP contribution in [0.2, 0.25) is 0 Å². The van der Waals surface area contributed by atoms with E-state index in [0.717, 1.165) is 41.7 Å². The third kappa shape index (κ3) is 6.15. The van der Waals surface area contributed by atoms with E-state index in [9.17, 15) is 22.4 Å². The maximum atomic E-state index is 15.0. The average molecular weight is 600 g/mol. The molecule has 1 heterocycles. The molecule has 0 amide bonds. The van der Waals surface area contributed by atoms with Crippen molar-refractivity contribution in [2.75, 3.05) is 0 Å².